The van der Waals surface area contributed by atoms with E-state index in [0.717, 1.165) is 0 Å². The number of carboxylic acid groups (broad SMARTS) is 1. The average Bonchev–Trinajstić information content (AvgIpc) is 2.48. The molecule has 0 aliphatic carbocycles. The quantitative estimate of drug-likeness (QED) is 0.855. The van der Waals surface area contributed by atoms with Crippen molar-refractivity contribution in [3.63, 3.8) is 0 Å². The average molecular weight is 317 g/mol. The van der Waals surface area contributed by atoms with E-state index in [1.807, 2.05) is 6.07 Å². The van der Waals surface area contributed by atoms with E-state index in [1.54, 1.807) is 54.6 Å². The van der Waals surface area contributed by atoms with Crippen molar-refractivity contribution in [3.05, 3.63) is 66.2 Å². The van der Waals surface area contributed by atoms with Gasteiger partial charge in [-0.25, -0.2) is 0 Å². The Balaban J connectivity index is 2.06. The minimum atomic E-state index is -1.85. The van der Waals surface area contributed by atoms with Gasteiger partial charge in [0.25, 0.3) is 0 Å². The first-order chi connectivity index (χ1) is 10.6. The van der Waals surface area contributed by atoms with Crippen LogP contribution in [0.3, 0.4) is 0 Å². The summed E-state index contributed by atoms with van der Waals surface area (Å²) in [6.45, 7) is 0. The molecule has 6 heteroatoms. The second-order valence-corrected chi connectivity index (χ2v) is 6.09. The fourth-order valence-electron chi connectivity index (χ4n) is 1.97. The number of anilines is 1. The monoisotopic (exact) mass is 317 g/mol. The van der Waals surface area contributed by atoms with E-state index in [4.69, 9.17) is 0 Å². The van der Waals surface area contributed by atoms with Crippen LogP contribution in [-0.4, -0.2) is 26.9 Å². The van der Waals surface area contributed by atoms with Crippen LogP contribution in [0.5, 0.6) is 0 Å². The molecule has 0 aliphatic heterocycles. The van der Waals surface area contributed by atoms with Gasteiger partial charge in [-0.1, -0.05) is 48.5 Å². The number of benzene rings is 2. The van der Waals surface area contributed by atoms with E-state index < -0.39 is 27.9 Å². The van der Waals surface area contributed by atoms with Gasteiger partial charge in [0, 0.05) is 16.5 Å². The predicted molar refractivity (Wildman–Crippen MR) is 84.9 cm³/mol. The highest BCUT2D eigenvalue weighted by Gasteiger charge is 2.28. The number of hydrogen-bond donors (Lipinski definition) is 2. The molecule has 114 valence electrons. The minimum Gasteiger partial charge on any atom is -0.480 e. The van der Waals surface area contributed by atoms with Gasteiger partial charge in [-0.15, -0.1) is 0 Å². The van der Waals surface area contributed by atoms with Gasteiger partial charge in [-0.2, -0.15) is 0 Å². The molecule has 0 bridgehead atoms. The van der Waals surface area contributed by atoms with E-state index in [1.165, 1.54) is 0 Å². The van der Waals surface area contributed by atoms with Gasteiger partial charge in [0.15, 0.2) is 5.25 Å². The molecular formula is C16H15NO4S. The molecule has 2 aromatic rings. The molecule has 0 saturated heterocycles. The number of para-hydroxylation sites is 1. The standard InChI is InChI=1S/C16H15NO4S/c18-14(17-13-9-5-2-6-10-13)11-22(21)15(16(19)20)12-7-3-1-4-8-12/h1-10,15H,11H2,(H,17,18)(H,19,20). The molecule has 5 nitrogen and oxygen atoms in total. The summed E-state index contributed by atoms with van der Waals surface area (Å²) < 4.78 is 12.3. The van der Waals surface area contributed by atoms with Crippen LogP contribution in [0, 0.1) is 0 Å². The Labute approximate surface area is 130 Å². The van der Waals surface area contributed by atoms with Crippen molar-refractivity contribution < 1.29 is 18.9 Å². The summed E-state index contributed by atoms with van der Waals surface area (Å²) in [7, 11) is -1.85. The Hall–Kier alpha value is -2.47. The molecule has 0 aromatic heterocycles. The van der Waals surface area contributed by atoms with Crippen LogP contribution < -0.4 is 5.32 Å². The number of amides is 1. The molecule has 22 heavy (non-hydrogen) atoms. The molecule has 2 unspecified atom stereocenters. The molecule has 0 heterocycles. The van der Waals surface area contributed by atoms with Gasteiger partial charge >= 0.3 is 5.97 Å². The smallest absolute Gasteiger partial charge is 0.323 e. The van der Waals surface area contributed by atoms with Crippen molar-refractivity contribution in [2.45, 2.75) is 5.25 Å². The van der Waals surface area contributed by atoms with Gasteiger partial charge in [0.05, 0.1) is 0 Å². The van der Waals surface area contributed by atoms with E-state index in [-0.39, 0.29) is 5.75 Å². The number of carboxylic acids is 1. The Bertz CT molecular complexity index is 673. The fraction of sp³-hybridized carbons (Fsp3) is 0.125. The Morgan fingerprint density at radius 3 is 2.09 bits per heavy atom. The lowest BCUT2D eigenvalue weighted by Gasteiger charge is -2.12. The number of rotatable bonds is 6. The molecular weight excluding hydrogens is 302 g/mol. The van der Waals surface area contributed by atoms with Crippen LogP contribution >= 0.6 is 0 Å². The molecule has 0 saturated carbocycles. The van der Waals surface area contributed by atoms with Gasteiger partial charge in [-0.3, -0.25) is 13.8 Å². The summed E-state index contributed by atoms with van der Waals surface area (Å²) in [5, 5.41) is 10.6. The molecule has 2 rings (SSSR count). The summed E-state index contributed by atoms with van der Waals surface area (Å²) in [6, 6.07) is 17.0. The molecule has 1 amide bonds. The zero-order valence-corrected chi connectivity index (χ0v) is 12.5. The Morgan fingerprint density at radius 2 is 1.55 bits per heavy atom. The summed E-state index contributed by atoms with van der Waals surface area (Å²) in [6.07, 6.45) is 0. The van der Waals surface area contributed by atoms with Crippen LogP contribution in [0.25, 0.3) is 0 Å². The molecule has 0 fully saturated rings. The van der Waals surface area contributed by atoms with Crippen molar-refractivity contribution in [2.24, 2.45) is 0 Å². The van der Waals surface area contributed by atoms with Gasteiger partial charge in [-0.05, 0) is 17.7 Å². The van der Waals surface area contributed by atoms with Gasteiger partial charge < -0.3 is 10.4 Å². The second-order valence-electron chi connectivity index (χ2n) is 4.57. The first-order valence-electron chi connectivity index (χ1n) is 6.58. The molecule has 2 N–H and O–H groups in total. The van der Waals surface area contributed by atoms with Crippen molar-refractivity contribution in [2.75, 3.05) is 11.1 Å². The third-order valence-electron chi connectivity index (χ3n) is 2.92. The highest BCUT2D eigenvalue weighted by atomic mass is 32.2. The SMILES string of the molecule is O=C(CS(=O)C(C(=O)O)c1ccccc1)Nc1ccccc1. The number of carbonyl (C=O) groups is 2. The molecule has 2 aromatic carbocycles. The molecule has 0 spiro atoms. The van der Waals surface area contributed by atoms with Crippen LogP contribution in [0.15, 0.2) is 60.7 Å². The van der Waals surface area contributed by atoms with Crippen molar-refractivity contribution in [3.8, 4) is 0 Å². The predicted octanol–water partition coefficient (Wildman–Crippen LogP) is 2.20. The Morgan fingerprint density at radius 1 is 1.00 bits per heavy atom. The minimum absolute atomic E-state index is 0.374. The number of aliphatic carboxylic acids is 1. The van der Waals surface area contributed by atoms with Gasteiger partial charge in [0.2, 0.25) is 5.91 Å². The van der Waals surface area contributed by atoms with E-state index in [9.17, 15) is 18.9 Å². The van der Waals surface area contributed by atoms with Crippen molar-refractivity contribution in [1.82, 2.24) is 0 Å². The van der Waals surface area contributed by atoms with Crippen LogP contribution in [-0.2, 0) is 20.4 Å². The number of carbonyl (C=O) groups excluding carboxylic acids is 1. The number of nitrogens with one attached hydrogen (secondary N) is 1. The fourth-order valence-corrected chi connectivity index (χ4v) is 3.15. The maximum Gasteiger partial charge on any atom is 0.323 e. The van der Waals surface area contributed by atoms with E-state index >= 15 is 0 Å². The molecule has 0 aliphatic rings. The van der Waals surface area contributed by atoms with Crippen LogP contribution in [0.4, 0.5) is 5.69 Å². The molecule has 2 atom stereocenters. The first-order valence-corrected chi connectivity index (χ1v) is 7.96. The zero-order chi connectivity index (χ0) is 15.9. The largest absolute Gasteiger partial charge is 0.480 e. The highest BCUT2D eigenvalue weighted by molar-refractivity contribution is 7.86. The van der Waals surface area contributed by atoms with Crippen LogP contribution in [0.1, 0.15) is 10.8 Å². The summed E-state index contributed by atoms with van der Waals surface area (Å²) >= 11 is 0. The lowest BCUT2D eigenvalue weighted by Crippen LogP contribution is -2.26. The summed E-state index contributed by atoms with van der Waals surface area (Å²) in [5.41, 5.74) is 0.997. The normalized spacial score (nSPS) is 13.1. The maximum absolute atomic E-state index is 12.3. The zero-order valence-electron chi connectivity index (χ0n) is 11.6. The molecule has 0 radical (unpaired) electrons. The third-order valence-corrected chi connectivity index (χ3v) is 4.47. The van der Waals surface area contributed by atoms with Crippen molar-refractivity contribution in [1.29, 1.82) is 0 Å². The third kappa shape index (κ3) is 4.26. The lowest BCUT2D eigenvalue weighted by atomic mass is 10.1. The van der Waals surface area contributed by atoms with Crippen molar-refractivity contribution >= 4 is 28.4 Å². The topological polar surface area (TPSA) is 83.5 Å². The summed E-state index contributed by atoms with van der Waals surface area (Å²) in [5.74, 6) is -2.07. The Kier molecular flexibility index (Phi) is 5.43. The number of hydrogen-bond acceptors (Lipinski definition) is 3. The highest BCUT2D eigenvalue weighted by Crippen LogP contribution is 2.20. The second kappa shape index (κ2) is 7.51. The first kappa shape index (κ1) is 15.9. The van der Waals surface area contributed by atoms with E-state index in [2.05, 4.69) is 5.32 Å². The maximum atomic E-state index is 12.3. The van der Waals surface area contributed by atoms with Gasteiger partial charge in [0.1, 0.15) is 5.75 Å². The summed E-state index contributed by atoms with van der Waals surface area (Å²) in [4.78, 5) is 23.2. The van der Waals surface area contributed by atoms with Crippen LogP contribution in [0.2, 0.25) is 0 Å². The van der Waals surface area contributed by atoms with E-state index in [0.29, 0.717) is 11.3 Å². The lowest BCUT2D eigenvalue weighted by molar-refractivity contribution is -0.136.